The zero-order valence-corrected chi connectivity index (χ0v) is 11.9. The van der Waals surface area contributed by atoms with Crippen molar-refractivity contribution < 1.29 is 9.53 Å². The first-order valence-corrected chi connectivity index (χ1v) is 6.29. The molecule has 0 saturated carbocycles. The molecule has 0 aliphatic carbocycles. The number of ether oxygens (including phenoxy) is 1. The Kier molecular flexibility index (Phi) is 6.55. The van der Waals surface area contributed by atoms with Crippen LogP contribution in [0.5, 0.6) is 0 Å². The van der Waals surface area contributed by atoms with E-state index in [-0.39, 0.29) is 11.7 Å². The molecule has 1 amide bonds. The van der Waals surface area contributed by atoms with Gasteiger partial charge >= 0.3 is 0 Å². The van der Waals surface area contributed by atoms with Crippen LogP contribution in [-0.4, -0.2) is 56.2 Å². The molecule has 1 rings (SSSR count). The van der Waals surface area contributed by atoms with Gasteiger partial charge in [-0.05, 0) is 13.1 Å². The summed E-state index contributed by atoms with van der Waals surface area (Å²) in [6.45, 7) is 2.73. The van der Waals surface area contributed by atoms with Gasteiger partial charge in [-0.25, -0.2) is 4.98 Å². The Morgan fingerprint density at radius 3 is 3.00 bits per heavy atom. The van der Waals surface area contributed by atoms with Crippen molar-refractivity contribution in [3.63, 3.8) is 0 Å². The fourth-order valence-electron chi connectivity index (χ4n) is 1.44. The summed E-state index contributed by atoms with van der Waals surface area (Å²) >= 11 is 5.90. The third kappa shape index (κ3) is 5.42. The Bertz CT molecular complexity index is 428. The monoisotopic (exact) mass is 286 g/mol. The third-order valence-corrected chi connectivity index (χ3v) is 2.88. The molecule has 106 valence electrons. The number of likely N-dealkylation sites (N-methyl/N-ethyl adjacent to an activating group) is 1. The Labute approximate surface area is 117 Å². The maximum atomic E-state index is 11.9. The smallest absolute Gasteiger partial charge is 0.253 e. The van der Waals surface area contributed by atoms with Crippen LogP contribution in [0, 0.1) is 0 Å². The highest BCUT2D eigenvalue weighted by molar-refractivity contribution is 6.33. The summed E-state index contributed by atoms with van der Waals surface area (Å²) in [6.07, 6.45) is 1.37. The number of carbonyl (C=O) groups excluding carboxylic acids is 1. The largest absolute Gasteiger partial charge is 0.384 e. The number of halogens is 1. The van der Waals surface area contributed by atoms with Gasteiger partial charge in [-0.15, -0.1) is 0 Å². The summed E-state index contributed by atoms with van der Waals surface area (Å²) < 4.78 is 4.97. The summed E-state index contributed by atoms with van der Waals surface area (Å²) in [5, 5.41) is 3.08. The molecule has 7 heteroatoms. The van der Waals surface area contributed by atoms with Gasteiger partial charge in [-0.1, -0.05) is 11.6 Å². The van der Waals surface area contributed by atoms with Crippen LogP contribution in [0.4, 0.5) is 5.82 Å². The molecule has 3 N–H and O–H groups in total. The molecule has 6 nitrogen and oxygen atoms in total. The van der Waals surface area contributed by atoms with Crippen molar-refractivity contribution in [3.8, 4) is 0 Å². The van der Waals surface area contributed by atoms with E-state index in [4.69, 9.17) is 22.1 Å². The standard InChI is InChI=1S/C12H19ClN4O2/c1-17(5-6-19-2)4-3-15-12(18)9-7-11(14)16-8-10(9)13/h7-8H,3-6H2,1-2H3,(H2,14,16)(H,15,18). The lowest BCUT2D eigenvalue weighted by atomic mass is 10.2. The van der Waals surface area contributed by atoms with Gasteiger partial charge in [0.1, 0.15) is 5.82 Å². The van der Waals surface area contributed by atoms with Gasteiger partial charge in [-0.2, -0.15) is 0 Å². The topological polar surface area (TPSA) is 80.5 Å². The van der Waals surface area contributed by atoms with Gasteiger partial charge in [0.2, 0.25) is 0 Å². The highest BCUT2D eigenvalue weighted by atomic mass is 35.5. The second-order valence-electron chi connectivity index (χ2n) is 4.14. The molecule has 0 spiro atoms. The van der Waals surface area contributed by atoms with Crippen molar-refractivity contribution >= 4 is 23.3 Å². The predicted octanol–water partition coefficient (Wildman–Crippen LogP) is 0.625. The highest BCUT2D eigenvalue weighted by Gasteiger charge is 2.11. The van der Waals surface area contributed by atoms with Crippen LogP contribution in [-0.2, 0) is 4.74 Å². The van der Waals surface area contributed by atoms with Gasteiger partial charge in [-0.3, -0.25) is 4.79 Å². The number of rotatable bonds is 7. The molecular formula is C12H19ClN4O2. The molecule has 0 aliphatic rings. The number of nitrogens with two attached hydrogens (primary N) is 1. The molecule has 19 heavy (non-hydrogen) atoms. The van der Waals surface area contributed by atoms with Gasteiger partial charge in [0.05, 0.1) is 17.2 Å². The number of carbonyl (C=O) groups is 1. The van der Waals surface area contributed by atoms with Crippen LogP contribution in [0.1, 0.15) is 10.4 Å². The molecule has 0 bridgehead atoms. The Morgan fingerprint density at radius 2 is 2.32 bits per heavy atom. The number of pyridine rings is 1. The Hall–Kier alpha value is -1.37. The summed E-state index contributed by atoms with van der Waals surface area (Å²) in [5.74, 6) is 0.0194. The first kappa shape index (κ1) is 15.7. The molecular weight excluding hydrogens is 268 g/mol. The number of nitrogen functional groups attached to an aromatic ring is 1. The molecule has 1 aromatic heterocycles. The summed E-state index contributed by atoms with van der Waals surface area (Å²) in [4.78, 5) is 17.8. The number of aromatic nitrogens is 1. The van der Waals surface area contributed by atoms with Crippen LogP contribution in [0.3, 0.4) is 0 Å². The fourth-order valence-corrected chi connectivity index (χ4v) is 1.63. The van der Waals surface area contributed by atoms with E-state index in [0.717, 1.165) is 13.1 Å². The van der Waals surface area contributed by atoms with Crippen molar-refractivity contribution in [2.45, 2.75) is 0 Å². The number of hydrogen-bond acceptors (Lipinski definition) is 5. The van der Waals surface area contributed by atoms with Crippen molar-refractivity contribution in [1.82, 2.24) is 15.2 Å². The summed E-state index contributed by atoms with van der Waals surface area (Å²) in [7, 11) is 3.62. The molecule has 0 saturated heterocycles. The molecule has 0 unspecified atom stereocenters. The van der Waals surface area contributed by atoms with Crippen LogP contribution in [0.2, 0.25) is 5.02 Å². The van der Waals surface area contributed by atoms with E-state index >= 15 is 0 Å². The van der Waals surface area contributed by atoms with Gasteiger partial charge < -0.3 is 20.7 Å². The average Bonchev–Trinajstić information content (AvgIpc) is 2.39. The number of anilines is 1. The van der Waals surface area contributed by atoms with E-state index in [1.54, 1.807) is 7.11 Å². The highest BCUT2D eigenvalue weighted by Crippen LogP contribution is 2.16. The summed E-state index contributed by atoms with van der Waals surface area (Å²) in [6, 6.07) is 1.46. The van der Waals surface area contributed by atoms with Gasteiger partial charge in [0.25, 0.3) is 5.91 Å². The van der Waals surface area contributed by atoms with Crippen LogP contribution >= 0.6 is 11.6 Å². The van der Waals surface area contributed by atoms with E-state index in [1.165, 1.54) is 12.3 Å². The molecule has 0 radical (unpaired) electrons. The number of nitrogens with zero attached hydrogens (tertiary/aromatic N) is 2. The predicted molar refractivity (Wildman–Crippen MR) is 75.4 cm³/mol. The average molecular weight is 287 g/mol. The zero-order valence-electron chi connectivity index (χ0n) is 11.1. The number of amides is 1. The van der Waals surface area contributed by atoms with E-state index in [1.807, 2.05) is 7.05 Å². The molecule has 0 aromatic carbocycles. The lowest BCUT2D eigenvalue weighted by molar-refractivity contribution is 0.0947. The van der Waals surface area contributed by atoms with Gasteiger partial charge in [0.15, 0.2) is 0 Å². The maximum absolute atomic E-state index is 11.9. The minimum Gasteiger partial charge on any atom is -0.384 e. The summed E-state index contributed by atoms with van der Waals surface area (Å²) in [5.41, 5.74) is 5.87. The second kappa shape index (κ2) is 7.93. The lowest BCUT2D eigenvalue weighted by Crippen LogP contribution is -2.34. The lowest BCUT2D eigenvalue weighted by Gasteiger charge is -2.16. The van der Waals surface area contributed by atoms with E-state index in [9.17, 15) is 4.79 Å². The first-order chi connectivity index (χ1) is 9.04. The second-order valence-corrected chi connectivity index (χ2v) is 4.55. The number of hydrogen-bond donors (Lipinski definition) is 2. The van der Waals surface area contributed by atoms with Crippen molar-refractivity contribution in [2.24, 2.45) is 0 Å². The minimum atomic E-state index is -0.251. The van der Waals surface area contributed by atoms with Crippen LogP contribution < -0.4 is 11.1 Å². The molecule has 1 heterocycles. The maximum Gasteiger partial charge on any atom is 0.253 e. The normalized spacial score (nSPS) is 10.7. The number of methoxy groups -OCH3 is 1. The number of nitrogens with one attached hydrogen (secondary N) is 1. The SMILES string of the molecule is COCCN(C)CCNC(=O)c1cc(N)ncc1Cl. The van der Waals surface area contributed by atoms with Gasteiger partial charge in [0, 0.05) is 32.9 Å². The van der Waals surface area contributed by atoms with Crippen molar-refractivity contribution in [2.75, 3.05) is 46.1 Å². The van der Waals surface area contributed by atoms with Crippen LogP contribution in [0.25, 0.3) is 0 Å². The molecule has 1 aromatic rings. The minimum absolute atomic E-state index is 0.251. The zero-order chi connectivity index (χ0) is 14.3. The molecule has 0 atom stereocenters. The van der Waals surface area contributed by atoms with E-state index < -0.39 is 0 Å². The Balaban J connectivity index is 2.41. The quantitative estimate of drug-likeness (QED) is 0.768. The first-order valence-electron chi connectivity index (χ1n) is 5.91. The third-order valence-electron chi connectivity index (χ3n) is 2.58. The van der Waals surface area contributed by atoms with E-state index in [2.05, 4.69) is 15.2 Å². The van der Waals surface area contributed by atoms with E-state index in [0.29, 0.717) is 23.7 Å². The van der Waals surface area contributed by atoms with Crippen molar-refractivity contribution in [3.05, 3.63) is 22.8 Å². The Morgan fingerprint density at radius 1 is 1.58 bits per heavy atom. The van der Waals surface area contributed by atoms with Crippen LogP contribution in [0.15, 0.2) is 12.3 Å². The fraction of sp³-hybridized carbons (Fsp3) is 0.500. The molecule has 0 fully saturated rings. The molecule has 0 aliphatic heterocycles. The van der Waals surface area contributed by atoms with Crippen molar-refractivity contribution in [1.29, 1.82) is 0 Å².